The fraction of sp³-hybridized carbons (Fsp3) is 0. The molecular weight excluding hydrogens is 280 g/mol. The summed E-state index contributed by atoms with van der Waals surface area (Å²) in [5.74, 6) is -0.00398. The molecule has 0 unspecified atom stereocenters. The van der Waals surface area contributed by atoms with Gasteiger partial charge in [0.15, 0.2) is 5.78 Å². The van der Waals surface area contributed by atoms with Crippen LogP contribution in [0.2, 0.25) is 5.02 Å². The quantitative estimate of drug-likeness (QED) is 0.467. The molecule has 0 fully saturated rings. The molecule has 3 rings (SSSR count). The van der Waals surface area contributed by atoms with Crippen molar-refractivity contribution in [1.82, 2.24) is 0 Å². The van der Waals surface area contributed by atoms with Crippen LogP contribution in [0.3, 0.4) is 0 Å². The van der Waals surface area contributed by atoms with Crippen LogP contribution < -0.4 is 0 Å². The Morgan fingerprint density at radius 2 is 1.57 bits per heavy atom. The maximum absolute atomic E-state index is 12.2. The Morgan fingerprint density at radius 1 is 0.857 bits per heavy atom. The zero-order chi connectivity index (χ0) is 14.7. The molecule has 0 atom stereocenters. The molecule has 0 bridgehead atoms. The topological polar surface area (TPSA) is 17.1 Å². The van der Waals surface area contributed by atoms with E-state index in [4.69, 9.17) is 11.6 Å². The predicted octanol–water partition coefficient (Wildman–Crippen LogP) is 5.39. The third-order valence-electron chi connectivity index (χ3n) is 3.33. The highest BCUT2D eigenvalue weighted by molar-refractivity contribution is 6.30. The molecule has 3 aromatic carbocycles. The molecule has 0 spiro atoms. The first-order valence-corrected chi connectivity index (χ1v) is 7.07. The summed E-state index contributed by atoms with van der Waals surface area (Å²) in [4.78, 5) is 12.2. The van der Waals surface area contributed by atoms with E-state index < -0.39 is 0 Å². The molecule has 0 N–H and O–H groups in total. The minimum Gasteiger partial charge on any atom is -0.289 e. The fourth-order valence-electron chi connectivity index (χ4n) is 2.18. The second-order valence-electron chi connectivity index (χ2n) is 4.81. The lowest BCUT2D eigenvalue weighted by Gasteiger charge is -2.00. The number of hydrogen-bond acceptors (Lipinski definition) is 1. The Labute approximate surface area is 128 Å². The van der Waals surface area contributed by atoms with E-state index in [-0.39, 0.29) is 5.78 Å². The molecule has 0 aromatic heterocycles. The Kier molecular flexibility index (Phi) is 3.85. The van der Waals surface area contributed by atoms with E-state index in [0.717, 1.165) is 16.3 Å². The molecule has 21 heavy (non-hydrogen) atoms. The van der Waals surface area contributed by atoms with E-state index >= 15 is 0 Å². The van der Waals surface area contributed by atoms with E-state index in [1.54, 1.807) is 12.2 Å². The van der Waals surface area contributed by atoms with Crippen LogP contribution in [-0.4, -0.2) is 5.78 Å². The number of allylic oxidation sites excluding steroid dienone is 1. The van der Waals surface area contributed by atoms with Crippen LogP contribution in [0.25, 0.3) is 16.8 Å². The van der Waals surface area contributed by atoms with Gasteiger partial charge in [-0.2, -0.15) is 0 Å². The number of rotatable bonds is 3. The second-order valence-corrected chi connectivity index (χ2v) is 5.25. The van der Waals surface area contributed by atoms with Crippen LogP contribution in [0.15, 0.2) is 72.8 Å². The first-order chi connectivity index (χ1) is 10.2. The van der Waals surface area contributed by atoms with Gasteiger partial charge >= 0.3 is 0 Å². The zero-order valence-corrected chi connectivity index (χ0v) is 12.0. The largest absolute Gasteiger partial charge is 0.289 e. The number of carbonyl (C=O) groups excluding carboxylic acids is 1. The third kappa shape index (κ3) is 3.21. The van der Waals surface area contributed by atoms with E-state index in [1.807, 2.05) is 66.7 Å². The molecule has 0 heterocycles. The number of halogens is 1. The Balaban J connectivity index is 1.84. The van der Waals surface area contributed by atoms with Crippen molar-refractivity contribution in [3.63, 3.8) is 0 Å². The normalized spacial score (nSPS) is 11.1. The van der Waals surface area contributed by atoms with Crippen molar-refractivity contribution in [2.24, 2.45) is 0 Å². The molecule has 0 aliphatic carbocycles. The van der Waals surface area contributed by atoms with Crippen molar-refractivity contribution in [2.75, 3.05) is 0 Å². The van der Waals surface area contributed by atoms with Gasteiger partial charge in [0.1, 0.15) is 0 Å². The second kappa shape index (κ2) is 5.94. The van der Waals surface area contributed by atoms with Gasteiger partial charge in [-0.05, 0) is 40.6 Å². The lowest BCUT2D eigenvalue weighted by Crippen LogP contribution is -1.93. The summed E-state index contributed by atoms with van der Waals surface area (Å²) in [5, 5.41) is 2.90. The third-order valence-corrected chi connectivity index (χ3v) is 3.58. The summed E-state index contributed by atoms with van der Waals surface area (Å²) < 4.78 is 0. The first kappa shape index (κ1) is 13.6. The predicted molar refractivity (Wildman–Crippen MR) is 88.8 cm³/mol. The highest BCUT2D eigenvalue weighted by atomic mass is 35.5. The standard InChI is InChI=1S/C19H13ClO/c20-18-10-5-14(6-11-18)7-12-19(21)17-9-8-15-3-1-2-4-16(15)13-17/h1-13H/b12-7+. The fourth-order valence-corrected chi connectivity index (χ4v) is 2.31. The van der Waals surface area contributed by atoms with Crippen LogP contribution in [-0.2, 0) is 0 Å². The zero-order valence-electron chi connectivity index (χ0n) is 11.3. The molecule has 1 nitrogen and oxygen atoms in total. The van der Waals surface area contributed by atoms with Crippen molar-refractivity contribution in [3.05, 3.63) is 89.0 Å². The summed E-state index contributed by atoms with van der Waals surface area (Å²) >= 11 is 5.83. The highest BCUT2D eigenvalue weighted by Crippen LogP contribution is 2.17. The van der Waals surface area contributed by atoms with Gasteiger partial charge < -0.3 is 0 Å². The van der Waals surface area contributed by atoms with Crippen LogP contribution in [0, 0.1) is 0 Å². The van der Waals surface area contributed by atoms with Gasteiger partial charge in [0.2, 0.25) is 0 Å². The van der Waals surface area contributed by atoms with E-state index in [9.17, 15) is 4.79 Å². The average molecular weight is 293 g/mol. The summed E-state index contributed by atoms with van der Waals surface area (Å²) in [6, 6.07) is 21.1. The van der Waals surface area contributed by atoms with Gasteiger partial charge in [0, 0.05) is 10.6 Å². The number of carbonyl (C=O) groups is 1. The molecular formula is C19H13ClO. The van der Waals surface area contributed by atoms with Crippen molar-refractivity contribution in [1.29, 1.82) is 0 Å². The highest BCUT2D eigenvalue weighted by Gasteiger charge is 2.02. The SMILES string of the molecule is O=C(/C=C/c1ccc(Cl)cc1)c1ccc2ccccc2c1. The molecule has 0 radical (unpaired) electrons. The van der Waals surface area contributed by atoms with Gasteiger partial charge in [-0.3, -0.25) is 4.79 Å². The van der Waals surface area contributed by atoms with Gasteiger partial charge in [-0.15, -0.1) is 0 Å². The number of fused-ring (bicyclic) bond motifs is 1. The molecule has 0 aliphatic rings. The Hall–Kier alpha value is -2.38. The van der Waals surface area contributed by atoms with Crippen molar-refractivity contribution in [3.8, 4) is 0 Å². The number of hydrogen-bond donors (Lipinski definition) is 0. The van der Waals surface area contributed by atoms with E-state index in [0.29, 0.717) is 10.6 Å². The molecule has 0 saturated heterocycles. The van der Waals surface area contributed by atoms with Gasteiger partial charge in [0.25, 0.3) is 0 Å². The van der Waals surface area contributed by atoms with Gasteiger partial charge in [-0.1, -0.05) is 66.2 Å². The molecule has 0 aliphatic heterocycles. The average Bonchev–Trinajstić information content (AvgIpc) is 2.53. The number of benzene rings is 3. The Bertz CT molecular complexity index is 816. The molecule has 3 aromatic rings. The summed E-state index contributed by atoms with van der Waals surface area (Å²) in [5.41, 5.74) is 1.65. The monoisotopic (exact) mass is 292 g/mol. The maximum Gasteiger partial charge on any atom is 0.185 e. The van der Waals surface area contributed by atoms with Crippen LogP contribution >= 0.6 is 11.6 Å². The molecule has 0 amide bonds. The maximum atomic E-state index is 12.2. The van der Waals surface area contributed by atoms with Crippen LogP contribution in [0.5, 0.6) is 0 Å². The number of ketones is 1. The smallest absolute Gasteiger partial charge is 0.185 e. The Morgan fingerprint density at radius 3 is 2.33 bits per heavy atom. The lowest BCUT2D eigenvalue weighted by atomic mass is 10.0. The van der Waals surface area contributed by atoms with Crippen molar-refractivity contribution in [2.45, 2.75) is 0 Å². The minimum atomic E-state index is -0.00398. The van der Waals surface area contributed by atoms with Crippen molar-refractivity contribution < 1.29 is 4.79 Å². The van der Waals surface area contributed by atoms with Gasteiger partial charge in [-0.25, -0.2) is 0 Å². The molecule has 2 heteroatoms. The lowest BCUT2D eigenvalue weighted by molar-refractivity contribution is 0.104. The minimum absolute atomic E-state index is 0.00398. The van der Waals surface area contributed by atoms with E-state index in [2.05, 4.69) is 0 Å². The van der Waals surface area contributed by atoms with Crippen molar-refractivity contribution >= 4 is 34.2 Å². The molecule has 102 valence electrons. The van der Waals surface area contributed by atoms with Crippen LogP contribution in [0.4, 0.5) is 0 Å². The molecule has 0 saturated carbocycles. The van der Waals surface area contributed by atoms with Crippen LogP contribution in [0.1, 0.15) is 15.9 Å². The first-order valence-electron chi connectivity index (χ1n) is 6.69. The van der Waals surface area contributed by atoms with E-state index in [1.165, 1.54) is 0 Å². The van der Waals surface area contributed by atoms with Gasteiger partial charge in [0.05, 0.1) is 0 Å². The summed E-state index contributed by atoms with van der Waals surface area (Å²) in [7, 11) is 0. The summed E-state index contributed by atoms with van der Waals surface area (Å²) in [6.45, 7) is 0. The summed E-state index contributed by atoms with van der Waals surface area (Å²) in [6.07, 6.45) is 3.39.